The molecule has 15 heavy (non-hydrogen) atoms. The van der Waals surface area contributed by atoms with Gasteiger partial charge >= 0.3 is 0 Å². The second-order valence-corrected chi connectivity index (χ2v) is 4.61. The number of hydrogen-bond donors (Lipinski definition) is 1. The molecule has 2 heteroatoms. The monoisotopic (exact) mass is 207 g/mol. The van der Waals surface area contributed by atoms with E-state index in [1.807, 2.05) is 12.1 Å². The van der Waals surface area contributed by atoms with E-state index in [0.29, 0.717) is 12.1 Å². The summed E-state index contributed by atoms with van der Waals surface area (Å²) >= 11 is 0. The molecule has 0 spiro atoms. The summed E-state index contributed by atoms with van der Waals surface area (Å²) < 4.78 is 5.41. The van der Waals surface area contributed by atoms with Gasteiger partial charge in [-0.1, -0.05) is 19.8 Å². The highest BCUT2D eigenvalue weighted by molar-refractivity contribution is 5.04. The molecule has 1 aliphatic rings. The summed E-state index contributed by atoms with van der Waals surface area (Å²) in [5.74, 6) is 1.92. The van der Waals surface area contributed by atoms with E-state index >= 15 is 0 Å². The Morgan fingerprint density at radius 2 is 2.40 bits per heavy atom. The first-order valence-electron chi connectivity index (χ1n) is 6.10. The molecule has 2 unspecified atom stereocenters. The third-order valence-corrected chi connectivity index (χ3v) is 3.62. The average molecular weight is 207 g/mol. The van der Waals surface area contributed by atoms with Gasteiger partial charge < -0.3 is 9.73 Å². The number of rotatable bonds is 4. The van der Waals surface area contributed by atoms with Gasteiger partial charge in [-0.3, -0.25) is 0 Å². The van der Waals surface area contributed by atoms with Crippen LogP contribution in [0.1, 0.15) is 51.3 Å². The van der Waals surface area contributed by atoms with Gasteiger partial charge in [-0.15, -0.1) is 0 Å². The Labute approximate surface area is 92.1 Å². The van der Waals surface area contributed by atoms with Gasteiger partial charge in [0.2, 0.25) is 0 Å². The van der Waals surface area contributed by atoms with E-state index in [4.69, 9.17) is 4.42 Å². The Bertz CT molecular complexity index is 281. The summed E-state index contributed by atoms with van der Waals surface area (Å²) in [6, 6.07) is 5.04. The molecule has 0 aliphatic heterocycles. The zero-order chi connectivity index (χ0) is 10.7. The van der Waals surface area contributed by atoms with Gasteiger partial charge in [0.25, 0.3) is 0 Å². The molecule has 0 amide bonds. The van der Waals surface area contributed by atoms with Crippen LogP contribution in [0.2, 0.25) is 0 Å². The predicted molar refractivity (Wildman–Crippen MR) is 61.7 cm³/mol. The van der Waals surface area contributed by atoms with Crippen LogP contribution in [0.25, 0.3) is 0 Å². The minimum atomic E-state index is 0.345. The fourth-order valence-corrected chi connectivity index (χ4v) is 2.69. The van der Waals surface area contributed by atoms with Gasteiger partial charge in [0, 0.05) is 6.04 Å². The lowest BCUT2D eigenvalue weighted by Crippen LogP contribution is -2.34. The first kappa shape index (κ1) is 10.7. The lowest BCUT2D eigenvalue weighted by Gasteiger charge is -2.23. The molecule has 1 aromatic rings. The van der Waals surface area contributed by atoms with E-state index in [2.05, 4.69) is 19.2 Å². The van der Waals surface area contributed by atoms with Crippen molar-refractivity contribution >= 4 is 0 Å². The second kappa shape index (κ2) is 4.84. The highest BCUT2D eigenvalue weighted by Gasteiger charge is 2.27. The van der Waals surface area contributed by atoms with Crippen LogP contribution in [-0.4, -0.2) is 6.04 Å². The lowest BCUT2D eigenvalue weighted by atomic mass is 10.00. The SMILES string of the molecule is CCC1CCCC1N[C@@H](C)c1ccco1. The molecule has 84 valence electrons. The largest absolute Gasteiger partial charge is 0.468 e. The summed E-state index contributed by atoms with van der Waals surface area (Å²) in [7, 11) is 0. The van der Waals surface area contributed by atoms with Gasteiger partial charge in [-0.05, 0) is 37.8 Å². The smallest absolute Gasteiger partial charge is 0.120 e. The molecule has 2 rings (SSSR count). The first-order chi connectivity index (χ1) is 7.31. The zero-order valence-electron chi connectivity index (χ0n) is 9.70. The highest BCUT2D eigenvalue weighted by Crippen LogP contribution is 2.30. The topological polar surface area (TPSA) is 25.2 Å². The second-order valence-electron chi connectivity index (χ2n) is 4.61. The molecule has 0 bridgehead atoms. The maximum atomic E-state index is 5.41. The Morgan fingerprint density at radius 1 is 1.53 bits per heavy atom. The summed E-state index contributed by atoms with van der Waals surface area (Å²) in [5, 5.41) is 3.69. The number of nitrogens with one attached hydrogen (secondary N) is 1. The van der Waals surface area contributed by atoms with Crippen molar-refractivity contribution in [3.63, 3.8) is 0 Å². The summed E-state index contributed by atoms with van der Waals surface area (Å²) in [4.78, 5) is 0. The Hall–Kier alpha value is -0.760. The molecule has 0 saturated heterocycles. The average Bonchev–Trinajstić information content (AvgIpc) is 2.87. The highest BCUT2D eigenvalue weighted by atomic mass is 16.3. The molecular formula is C13H21NO. The number of hydrogen-bond acceptors (Lipinski definition) is 2. The van der Waals surface area contributed by atoms with Gasteiger partial charge in [-0.2, -0.15) is 0 Å². The van der Waals surface area contributed by atoms with E-state index in [9.17, 15) is 0 Å². The summed E-state index contributed by atoms with van der Waals surface area (Å²) in [6.45, 7) is 4.48. The molecule has 1 aromatic heterocycles. The van der Waals surface area contributed by atoms with E-state index in [-0.39, 0.29) is 0 Å². The fraction of sp³-hybridized carbons (Fsp3) is 0.692. The molecule has 1 saturated carbocycles. The van der Waals surface area contributed by atoms with Crippen LogP contribution in [0.15, 0.2) is 22.8 Å². The van der Waals surface area contributed by atoms with Crippen molar-refractivity contribution in [2.45, 2.75) is 51.6 Å². The molecular weight excluding hydrogens is 186 g/mol. The molecule has 0 radical (unpaired) electrons. The molecule has 1 aliphatic carbocycles. The van der Waals surface area contributed by atoms with Crippen molar-refractivity contribution in [2.75, 3.05) is 0 Å². The Balaban J connectivity index is 1.91. The zero-order valence-corrected chi connectivity index (χ0v) is 9.70. The van der Waals surface area contributed by atoms with Crippen molar-refractivity contribution < 1.29 is 4.42 Å². The Kier molecular flexibility index (Phi) is 3.47. The van der Waals surface area contributed by atoms with Gasteiger partial charge in [-0.25, -0.2) is 0 Å². The molecule has 1 heterocycles. The molecule has 1 fully saturated rings. The minimum absolute atomic E-state index is 0.345. The van der Waals surface area contributed by atoms with E-state index in [1.54, 1.807) is 6.26 Å². The van der Waals surface area contributed by atoms with Gasteiger partial charge in [0.05, 0.1) is 12.3 Å². The van der Waals surface area contributed by atoms with Crippen LogP contribution in [0.4, 0.5) is 0 Å². The maximum absolute atomic E-state index is 5.41. The third kappa shape index (κ3) is 2.43. The third-order valence-electron chi connectivity index (χ3n) is 3.62. The van der Waals surface area contributed by atoms with Crippen molar-refractivity contribution in [3.05, 3.63) is 24.2 Å². The van der Waals surface area contributed by atoms with Crippen molar-refractivity contribution in [2.24, 2.45) is 5.92 Å². The maximum Gasteiger partial charge on any atom is 0.120 e. The van der Waals surface area contributed by atoms with E-state index in [1.165, 1.54) is 25.7 Å². The van der Waals surface area contributed by atoms with Crippen LogP contribution in [0.3, 0.4) is 0 Å². The Morgan fingerprint density at radius 3 is 3.07 bits per heavy atom. The van der Waals surface area contributed by atoms with Crippen molar-refractivity contribution in [3.8, 4) is 0 Å². The summed E-state index contributed by atoms with van der Waals surface area (Å²) in [5.41, 5.74) is 0. The van der Waals surface area contributed by atoms with Crippen molar-refractivity contribution in [1.29, 1.82) is 0 Å². The normalized spacial score (nSPS) is 28.1. The fourth-order valence-electron chi connectivity index (χ4n) is 2.69. The van der Waals surface area contributed by atoms with Crippen LogP contribution in [-0.2, 0) is 0 Å². The first-order valence-corrected chi connectivity index (χ1v) is 6.10. The van der Waals surface area contributed by atoms with E-state index in [0.717, 1.165) is 11.7 Å². The van der Waals surface area contributed by atoms with Gasteiger partial charge in [0.1, 0.15) is 5.76 Å². The van der Waals surface area contributed by atoms with Crippen LogP contribution in [0, 0.1) is 5.92 Å². The van der Waals surface area contributed by atoms with Gasteiger partial charge in [0.15, 0.2) is 0 Å². The minimum Gasteiger partial charge on any atom is -0.468 e. The quantitative estimate of drug-likeness (QED) is 0.817. The van der Waals surface area contributed by atoms with E-state index < -0.39 is 0 Å². The molecule has 1 N–H and O–H groups in total. The summed E-state index contributed by atoms with van der Waals surface area (Å²) in [6.07, 6.45) is 7.13. The predicted octanol–water partition coefficient (Wildman–Crippen LogP) is 3.51. The van der Waals surface area contributed by atoms with Crippen LogP contribution >= 0.6 is 0 Å². The standard InChI is InChI=1S/C13H21NO/c1-3-11-6-4-7-12(11)14-10(2)13-8-5-9-15-13/h5,8-12,14H,3-4,6-7H2,1-2H3/t10-,11?,12?/m0/s1. The van der Waals surface area contributed by atoms with Crippen LogP contribution < -0.4 is 5.32 Å². The van der Waals surface area contributed by atoms with Crippen LogP contribution in [0.5, 0.6) is 0 Å². The lowest BCUT2D eigenvalue weighted by molar-refractivity contribution is 0.332. The molecule has 0 aromatic carbocycles. The molecule has 2 nitrogen and oxygen atoms in total. The molecule has 3 atom stereocenters. The number of furan rings is 1. The van der Waals surface area contributed by atoms with Crippen molar-refractivity contribution in [1.82, 2.24) is 5.32 Å².